The van der Waals surface area contributed by atoms with Gasteiger partial charge in [-0.25, -0.2) is 0 Å². The zero-order valence-corrected chi connectivity index (χ0v) is 7.78. The molecule has 0 aromatic rings. The van der Waals surface area contributed by atoms with Crippen LogP contribution in [0.5, 0.6) is 0 Å². The maximum Gasteiger partial charge on any atom is 0.265 e. The van der Waals surface area contributed by atoms with Crippen LogP contribution in [-0.4, -0.2) is 32.6 Å². The van der Waals surface area contributed by atoms with Gasteiger partial charge in [-0.1, -0.05) is 0 Å². The molecular weight excluding hydrogens is 160 g/mol. The van der Waals surface area contributed by atoms with E-state index in [1.165, 1.54) is 0 Å². The van der Waals surface area contributed by atoms with Crippen molar-refractivity contribution in [3.8, 4) is 0 Å². The first-order chi connectivity index (χ1) is 5.22. The second-order valence-electron chi connectivity index (χ2n) is 2.54. The monoisotopic (exact) mass is 176 g/mol. The van der Waals surface area contributed by atoms with Gasteiger partial charge in [0.1, 0.15) is 0 Å². The summed E-state index contributed by atoms with van der Waals surface area (Å²) >= 11 is 0. The van der Waals surface area contributed by atoms with Crippen molar-refractivity contribution in [1.82, 2.24) is 0 Å². The van der Waals surface area contributed by atoms with E-state index in [-0.39, 0.29) is 0 Å². The fraction of sp³-hybridized carbons (Fsp3) is 0.833. The Kier molecular flexibility index (Phi) is 6.10. The smallest absolute Gasteiger partial charge is 0.265 e. The fourth-order valence-electron chi connectivity index (χ4n) is 0.957. The van der Waals surface area contributed by atoms with E-state index in [4.69, 9.17) is 16.6 Å². The molecule has 0 aliphatic carbocycles. The summed E-state index contributed by atoms with van der Waals surface area (Å²) in [6.07, 6.45) is 0.823. The van der Waals surface area contributed by atoms with Gasteiger partial charge in [-0.15, -0.1) is 0 Å². The summed E-state index contributed by atoms with van der Waals surface area (Å²) in [5.41, 5.74) is 9.93. The molecule has 1 atom stereocenters. The Labute approximate surface area is 68.2 Å². The van der Waals surface area contributed by atoms with Crippen molar-refractivity contribution in [2.45, 2.75) is 18.5 Å². The molecule has 1 unspecified atom stereocenters. The van der Waals surface area contributed by atoms with Gasteiger partial charge >= 0.3 is 0 Å². The van der Waals surface area contributed by atoms with Crippen molar-refractivity contribution in [1.29, 1.82) is 0 Å². The molecule has 5 N–H and O–H groups in total. The zero-order chi connectivity index (χ0) is 8.69. The molecule has 4 nitrogen and oxygen atoms in total. The van der Waals surface area contributed by atoms with Gasteiger partial charge in [0, 0.05) is 0 Å². The van der Waals surface area contributed by atoms with E-state index in [0.717, 1.165) is 12.5 Å². The van der Waals surface area contributed by atoms with Gasteiger partial charge in [0.15, 0.2) is 8.80 Å². The van der Waals surface area contributed by atoms with Gasteiger partial charge in [-0.05, 0) is 31.6 Å². The highest BCUT2D eigenvalue weighted by atomic mass is 28.3. The molecule has 11 heavy (non-hydrogen) atoms. The number of hydrogen-bond acceptors (Lipinski definition) is 3. The molecule has 0 aliphatic rings. The highest BCUT2D eigenvalue weighted by Crippen LogP contribution is 2.02. The lowest BCUT2D eigenvalue weighted by molar-refractivity contribution is 0.218. The van der Waals surface area contributed by atoms with Gasteiger partial charge in [-0.3, -0.25) is 4.79 Å². The maximum atomic E-state index is 10.6. The molecule has 0 radical (unpaired) electrons. The van der Waals surface area contributed by atoms with E-state index in [9.17, 15) is 4.79 Å². The van der Waals surface area contributed by atoms with Crippen LogP contribution in [0.25, 0.3) is 0 Å². The van der Waals surface area contributed by atoms with Gasteiger partial charge in [0.05, 0.1) is 0 Å². The standard InChI is InChI=1S/C6H16N2O2Si/c7-2-1-4-11(5-3-8)6(9)10/h11H,1-5,7-8H2,(H,9,10). The zero-order valence-electron chi connectivity index (χ0n) is 6.62. The van der Waals surface area contributed by atoms with Gasteiger partial charge < -0.3 is 16.6 Å². The van der Waals surface area contributed by atoms with Crippen LogP contribution in [0.15, 0.2) is 0 Å². The van der Waals surface area contributed by atoms with Crippen LogP contribution < -0.4 is 11.5 Å². The summed E-state index contributed by atoms with van der Waals surface area (Å²) in [4.78, 5) is 10.6. The van der Waals surface area contributed by atoms with Gasteiger partial charge in [-0.2, -0.15) is 0 Å². The first kappa shape index (κ1) is 10.6. The first-order valence-corrected chi connectivity index (χ1v) is 6.06. The van der Waals surface area contributed by atoms with Gasteiger partial charge in [0.2, 0.25) is 0 Å². The third-order valence-corrected chi connectivity index (χ3v) is 4.45. The minimum absolute atomic E-state index is 0.494. The second kappa shape index (κ2) is 6.33. The van der Waals surface area contributed by atoms with Crippen LogP contribution in [-0.2, 0) is 0 Å². The third kappa shape index (κ3) is 4.94. The third-order valence-electron chi connectivity index (χ3n) is 1.62. The lowest BCUT2D eigenvalue weighted by atomic mass is 10.5. The van der Waals surface area contributed by atoms with E-state index in [2.05, 4.69) is 0 Å². The van der Waals surface area contributed by atoms with Crippen LogP contribution in [0.3, 0.4) is 0 Å². The van der Waals surface area contributed by atoms with E-state index < -0.39 is 14.4 Å². The van der Waals surface area contributed by atoms with E-state index in [1.54, 1.807) is 0 Å². The average Bonchev–Trinajstić information content (AvgIpc) is 1.97. The predicted molar refractivity (Wildman–Crippen MR) is 47.5 cm³/mol. The molecular formula is C6H16N2O2Si. The number of nitrogens with two attached hydrogens (primary N) is 2. The molecule has 5 heteroatoms. The Morgan fingerprint density at radius 2 is 1.91 bits per heavy atom. The Hall–Kier alpha value is -0.393. The minimum Gasteiger partial charge on any atom is -0.486 e. The van der Waals surface area contributed by atoms with Crippen LogP contribution in [0.2, 0.25) is 12.1 Å². The molecule has 66 valence electrons. The molecule has 0 aromatic heterocycles. The minimum atomic E-state index is -1.61. The van der Waals surface area contributed by atoms with Crippen molar-refractivity contribution in [3.63, 3.8) is 0 Å². The Bertz CT molecular complexity index is 121. The molecule has 0 heterocycles. The molecule has 0 aliphatic heterocycles. The van der Waals surface area contributed by atoms with Crippen LogP contribution in [0.1, 0.15) is 6.42 Å². The molecule has 0 amide bonds. The Morgan fingerprint density at radius 3 is 2.27 bits per heavy atom. The Morgan fingerprint density at radius 1 is 1.27 bits per heavy atom. The topological polar surface area (TPSA) is 89.3 Å². The molecule has 0 fully saturated rings. The van der Waals surface area contributed by atoms with Crippen molar-refractivity contribution < 1.29 is 9.90 Å². The summed E-state index contributed by atoms with van der Waals surface area (Å²) in [6.45, 7) is 1.08. The number of carbonyl (C=O) groups is 1. The number of hydrogen-bond donors (Lipinski definition) is 3. The molecule has 0 spiro atoms. The largest absolute Gasteiger partial charge is 0.486 e. The van der Waals surface area contributed by atoms with Crippen LogP contribution >= 0.6 is 0 Å². The van der Waals surface area contributed by atoms with E-state index >= 15 is 0 Å². The number of carboxylic acid groups (broad SMARTS) is 1. The van der Waals surface area contributed by atoms with Crippen molar-refractivity contribution in [3.05, 3.63) is 0 Å². The highest BCUT2D eigenvalue weighted by molar-refractivity contribution is 6.88. The summed E-state index contributed by atoms with van der Waals surface area (Å²) in [5, 5.41) is 8.70. The predicted octanol–water partition coefficient (Wildman–Crippen LogP) is -0.219. The average molecular weight is 176 g/mol. The second-order valence-corrected chi connectivity index (χ2v) is 5.59. The van der Waals surface area contributed by atoms with Crippen LogP contribution in [0, 0.1) is 0 Å². The molecule has 0 bridgehead atoms. The van der Waals surface area contributed by atoms with E-state index in [1.807, 2.05) is 0 Å². The summed E-state index contributed by atoms with van der Waals surface area (Å²) in [5.74, 6) is 0. The summed E-state index contributed by atoms with van der Waals surface area (Å²) in [6, 6.07) is 1.47. The Balaban J connectivity index is 3.60. The highest BCUT2D eigenvalue weighted by Gasteiger charge is 2.17. The SMILES string of the molecule is NCCC[SiH](CCN)C(=O)O. The molecule has 0 saturated heterocycles. The molecule has 0 saturated carbocycles. The van der Waals surface area contributed by atoms with Gasteiger partial charge in [0.25, 0.3) is 5.59 Å². The quantitative estimate of drug-likeness (QED) is 0.488. The van der Waals surface area contributed by atoms with Crippen molar-refractivity contribution >= 4 is 14.4 Å². The summed E-state index contributed by atoms with van der Waals surface area (Å²) in [7, 11) is -1.61. The van der Waals surface area contributed by atoms with Crippen molar-refractivity contribution in [2.75, 3.05) is 13.1 Å². The van der Waals surface area contributed by atoms with Crippen molar-refractivity contribution in [2.24, 2.45) is 11.5 Å². The van der Waals surface area contributed by atoms with Crippen LogP contribution in [0.4, 0.5) is 4.79 Å². The maximum absolute atomic E-state index is 10.6. The lowest BCUT2D eigenvalue weighted by Gasteiger charge is -2.06. The lowest BCUT2D eigenvalue weighted by Crippen LogP contribution is -2.27. The molecule has 0 rings (SSSR count). The number of rotatable bonds is 6. The normalized spacial score (nSPS) is 12.9. The summed E-state index contributed by atoms with van der Waals surface area (Å²) < 4.78 is 0. The molecule has 0 aromatic carbocycles. The fourth-order valence-corrected chi connectivity index (χ4v) is 2.87. The van der Waals surface area contributed by atoms with E-state index in [0.29, 0.717) is 19.1 Å². The first-order valence-electron chi connectivity index (χ1n) is 3.85.